The van der Waals surface area contributed by atoms with Crippen LogP contribution >= 0.6 is 0 Å². The van der Waals surface area contributed by atoms with Crippen LogP contribution in [-0.2, 0) is 45.9 Å². The summed E-state index contributed by atoms with van der Waals surface area (Å²) in [5, 5.41) is 4.01. The van der Waals surface area contributed by atoms with E-state index in [2.05, 4.69) is 64.1 Å². The molecular formula is C84H142BaO6S2. The van der Waals surface area contributed by atoms with Gasteiger partial charge >= 0.3 is 48.9 Å². The van der Waals surface area contributed by atoms with Crippen molar-refractivity contribution in [3.05, 3.63) is 82.9 Å². The average Bonchev–Trinajstić information content (AvgIpc) is 0.941. The van der Waals surface area contributed by atoms with E-state index in [0.29, 0.717) is 0 Å². The van der Waals surface area contributed by atoms with Crippen LogP contribution in [0.25, 0.3) is 21.5 Å². The zero-order valence-corrected chi connectivity index (χ0v) is 67.2. The molecule has 6 nitrogen and oxygen atoms in total. The first kappa shape index (κ1) is 87.9. The molecule has 93 heavy (non-hydrogen) atoms. The summed E-state index contributed by atoms with van der Waals surface area (Å²) < 4.78 is 71.9. The van der Waals surface area contributed by atoms with Crippen molar-refractivity contribution in [2.75, 3.05) is 0 Å². The fourth-order valence-corrected chi connectivity index (χ4v) is 15.1. The maximum Gasteiger partial charge on any atom is 2.00 e. The summed E-state index contributed by atoms with van der Waals surface area (Å²) in [5.74, 6) is 0. The molecule has 0 aliphatic rings. The molecule has 528 valence electrons. The number of unbranched alkanes of at least 4 members (excludes halogenated alkanes) is 52. The first-order chi connectivity index (χ1) is 44.9. The topological polar surface area (TPSA) is 114 Å². The van der Waals surface area contributed by atoms with Crippen molar-refractivity contribution in [2.24, 2.45) is 0 Å². The Morgan fingerprint density at radius 3 is 0.613 bits per heavy atom. The first-order valence-electron chi connectivity index (χ1n) is 39.9. The van der Waals surface area contributed by atoms with Gasteiger partial charge in [0.1, 0.15) is 20.2 Å². The second kappa shape index (κ2) is 59.6. The summed E-state index contributed by atoms with van der Waals surface area (Å²) in [5.41, 5.74) is 4.51. The van der Waals surface area contributed by atoms with Gasteiger partial charge in [0.2, 0.25) is 0 Å². The summed E-state index contributed by atoms with van der Waals surface area (Å²) in [6.07, 6.45) is 78.6. The Labute approximate surface area is 616 Å². The minimum atomic E-state index is -4.48. The Bertz CT molecular complexity index is 2430. The van der Waals surface area contributed by atoms with Crippen molar-refractivity contribution < 1.29 is 25.9 Å². The fraction of sp³-hybridized carbons (Fsp3) is 0.762. The maximum absolute atomic E-state index is 12.0. The van der Waals surface area contributed by atoms with E-state index in [-0.39, 0.29) is 58.7 Å². The molecule has 4 rings (SSSR count). The number of aryl methyl sites for hydroxylation is 4. The molecule has 0 heterocycles. The van der Waals surface area contributed by atoms with E-state index in [9.17, 15) is 25.9 Å². The summed E-state index contributed by atoms with van der Waals surface area (Å²) in [6.45, 7) is 9.11. The van der Waals surface area contributed by atoms with Gasteiger partial charge in [0.25, 0.3) is 0 Å². The summed E-state index contributed by atoms with van der Waals surface area (Å²) in [7, 11) is -8.96. The van der Waals surface area contributed by atoms with Crippen molar-refractivity contribution >= 4 is 90.7 Å². The van der Waals surface area contributed by atoms with E-state index in [1.54, 1.807) is 24.3 Å². The molecule has 0 saturated carbocycles. The molecule has 0 N–H and O–H groups in total. The molecular weight excluding hydrogens is 1310 g/mol. The minimum Gasteiger partial charge on any atom is -0.744 e. The number of benzene rings is 4. The van der Waals surface area contributed by atoms with Gasteiger partial charge in [-0.1, -0.05) is 398 Å². The third-order valence-electron chi connectivity index (χ3n) is 20.0. The quantitative estimate of drug-likeness (QED) is 0.0247. The second-order valence-electron chi connectivity index (χ2n) is 28.6. The van der Waals surface area contributed by atoms with Crippen molar-refractivity contribution in [3.63, 3.8) is 0 Å². The monoisotopic (exact) mass is 1450 g/mol. The van der Waals surface area contributed by atoms with Crippen molar-refractivity contribution in [2.45, 2.75) is 423 Å². The van der Waals surface area contributed by atoms with Crippen molar-refractivity contribution in [1.82, 2.24) is 0 Å². The Kier molecular flexibility index (Phi) is 56.4. The number of hydrogen-bond donors (Lipinski definition) is 0. The third-order valence-corrected chi connectivity index (χ3v) is 21.6. The van der Waals surface area contributed by atoms with Crippen LogP contribution in [0.2, 0.25) is 0 Å². The molecule has 0 unspecified atom stereocenters. The van der Waals surface area contributed by atoms with Crippen LogP contribution in [0.3, 0.4) is 0 Å². The molecule has 0 aliphatic carbocycles. The Morgan fingerprint density at radius 2 is 0.419 bits per heavy atom. The first-order valence-corrected chi connectivity index (χ1v) is 42.8. The summed E-state index contributed by atoms with van der Waals surface area (Å²) in [4.78, 5) is -0.150. The summed E-state index contributed by atoms with van der Waals surface area (Å²) >= 11 is 0. The van der Waals surface area contributed by atoms with Gasteiger partial charge < -0.3 is 9.11 Å². The Balaban J connectivity index is 0.000000627. The molecule has 0 fully saturated rings. The molecule has 9 heteroatoms. The standard InChI is InChI=1S/2C42H72O3S.Ba/c2*1-3-5-7-9-11-13-15-17-19-21-23-25-27-29-31-38-33-34-42-39(36-41(46(43,44)45)37-40(42)35-38)32-30-28-26-24-22-20-18-16-14-12-10-8-6-4-2;/h2*33-37H,3-32H2,1-2H3,(H,43,44,45);/q;;+2/p-2. The van der Waals surface area contributed by atoms with Crippen LogP contribution in [0.15, 0.2) is 70.5 Å². The summed E-state index contributed by atoms with van der Waals surface area (Å²) in [6, 6.07) is 19.5. The van der Waals surface area contributed by atoms with E-state index < -0.39 is 20.2 Å². The molecule has 0 radical (unpaired) electrons. The zero-order valence-electron chi connectivity index (χ0n) is 61.2. The predicted molar refractivity (Wildman–Crippen MR) is 406 cm³/mol. The van der Waals surface area contributed by atoms with E-state index >= 15 is 0 Å². The van der Waals surface area contributed by atoms with Crippen LogP contribution in [0.5, 0.6) is 0 Å². The number of rotatable bonds is 62. The number of hydrogen-bond acceptors (Lipinski definition) is 6. The van der Waals surface area contributed by atoms with Gasteiger partial charge in [-0.2, -0.15) is 0 Å². The zero-order chi connectivity index (χ0) is 66.3. The van der Waals surface area contributed by atoms with E-state index in [0.717, 1.165) is 96.9 Å². The van der Waals surface area contributed by atoms with Crippen LogP contribution in [0.1, 0.15) is 410 Å². The van der Waals surface area contributed by atoms with E-state index in [1.165, 1.54) is 332 Å². The van der Waals surface area contributed by atoms with Crippen LogP contribution in [-0.4, -0.2) is 74.8 Å². The van der Waals surface area contributed by atoms with Crippen LogP contribution in [0, 0.1) is 0 Å². The van der Waals surface area contributed by atoms with Gasteiger partial charge in [0.05, 0.1) is 9.79 Å². The van der Waals surface area contributed by atoms with Gasteiger partial charge in [-0.05, 0) is 119 Å². The molecule has 4 aromatic rings. The Morgan fingerprint density at radius 1 is 0.237 bits per heavy atom. The molecule has 0 spiro atoms. The van der Waals surface area contributed by atoms with E-state index in [4.69, 9.17) is 0 Å². The van der Waals surface area contributed by atoms with Crippen LogP contribution in [0.4, 0.5) is 0 Å². The normalized spacial score (nSPS) is 11.8. The van der Waals surface area contributed by atoms with Gasteiger partial charge in [-0.15, -0.1) is 0 Å². The molecule has 0 bridgehead atoms. The molecule has 0 amide bonds. The molecule has 0 saturated heterocycles. The molecule has 0 aromatic heterocycles. The minimum absolute atomic E-state index is 0. The third kappa shape index (κ3) is 46.0. The molecule has 0 aliphatic heterocycles. The van der Waals surface area contributed by atoms with Gasteiger partial charge in [-0.25, -0.2) is 16.8 Å². The van der Waals surface area contributed by atoms with Gasteiger partial charge in [0.15, 0.2) is 0 Å². The smallest absolute Gasteiger partial charge is 0.744 e. The van der Waals surface area contributed by atoms with Crippen molar-refractivity contribution in [3.8, 4) is 0 Å². The second-order valence-corrected chi connectivity index (χ2v) is 31.3. The SMILES string of the molecule is CCCCCCCCCCCCCCCCc1ccc2c(CCCCCCCCCCCCCCCC)cc(S(=O)(=O)[O-])cc2c1.CCCCCCCCCCCCCCCCc1ccc2c(CCCCCCCCCCCCCCCC)cc(S(=O)(=O)[O-])cc2c1.[Ba+2]. The predicted octanol–water partition coefficient (Wildman–Crippen LogP) is 27.2. The fourth-order valence-electron chi connectivity index (χ4n) is 14.0. The maximum atomic E-state index is 12.0. The van der Waals surface area contributed by atoms with Gasteiger partial charge in [0, 0.05) is 0 Å². The van der Waals surface area contributed by atoms with Crippen molar-refractivity contribution in [1.29, 1.82) is 0 Å². The molecule has 4 aromatic carbocycles. The van der Waals surface area contributed by atoms with Crippen LogP contribution < -0.4 is 0 Å². The largest absolute Gasteiger partial charge is 2.00 e. The molecule has 0 atom stereocenters. The average molecular weight is 1450 g/mol. The van der Waals surface area contributed by atoms with Gasteiger partial charge in [-0.3, -0.25) is 0 Å². The van der Waals surface area contributed by atoms with E-state index in [1.807, 2.05) is 0 Å². The Hall–Kier alpha value is -1.21. The number of fused-ring (bicyclic) bond motifs is 2.